The summed E-state index contributed by atoms with van der Waals surface area (Å²) in [6.45, 7) is 8.22. The van der Waals surface area contributed by atoms with Gasteiger partial charge in [0.15, 0.2) is 6.10 Å². The predicted octanol–water partition coefficient (Wildman–Crippen LogP) is 3.85. The number of carbonyl (C=O) groups is 2. The first kappa shape index (κ1) is 19.5. The van der Waals surface area contributed by atoms with E-state index < -0.39 is 6.10 Å². The van der Waals surface area contributed by atoms with Gasteiger partial charge < -0.3 is 15.4 Å². The number of nitrogens with one attached hydrogen (secondary N) is 2. The van der Waals surface area contributed by atoms with Crippen LogP contribution in [0.3, 0.4) is 0 Å². The van der Waals surface area contributed by atoms with Crippen molar-refractivity contribution in [1.82, 2.24) is 5.32 Å². The van der Waals surface area contributed by atoms with Crippen LogP contribution in [0, 0.1) is 13.8 Å². The SMILES string of the molecule is CCCNC(=O)c1ccccc1NC(=O)[C@H](C)Oc1ccc(C)cc1C. The Morgan fingerprint density at radius 3 is 2.54 bits per heavy atom. The lowest BCUT2D eigenvalue weighted by molar-refractivity contribution is -0.122. The first-order valence-corrected chi connectivity index (χ1v) is 8.84. The summed E-state index contributed by atoms with van der Waals surface area (Å²) in [6.07, 6.45) is 0.157. The largest absolute Gasteiger partial charge is 0.481 e. The maximum absolute atomic E-state index is 12.5. The maximum atomic E-state index is 12.5. The molecule has 2 aromatic rings. The molecule has 5 nitrogen and oxygen atoms in total. The van der Waals surface area contributed by atoms with Crippen molar-refractivity contribution in [1.29, 1.82) is 0 Å². The van der Waals surface area contributed by atoms with Gasteiger partial charge in [-0.3, -0.25) is 9.59 Å². The normalized spacial score (nSPS) is 11.5. The van der Waals surface area contributed by atoms with Gasteiger partial charge in [0, 0.05) is 6.54 Å². The lowest BCUT2D eigenvalue weighted by Gasteiger charge is -2.17. The highest BCUT2D eigenvalue weighted by Gasteiger charge is 2.19. The van der Waals surface area contributed by atoms with E-state index in [0.29, 0.717) is 23.5 Å². The van der Waals surface area contributed by atoms with E-state index in [9.17, 15) is 9.59 Å². The number of para-hydroxylation sites is 1. The van der Waals surface area contributed by atoms with Gasteiger partial charge in [0.1, 0.15) is 5.75 Å². The Morgan fingerprint density at radius 1 is 1.12 bits per heavy atom. The Morgan fingerprint density at radius 2 is 1.85 bits per heavy atom. The zero-order valence-electron chi connectivity index (χ0n) is 15.8. The molecule has 138 valence electrons. The van der Waals surface area contributed by atoms with Gasteiger partial charge in [0.2, 0.25) is 0 Å². The fraction of sp³-hybridized carbons (Fsp3) is 0.333. The molecular formula is C21H26N2O3. The molecule has 2 N–H and O–H groups in total. The highest BCUT2D eigenvalue weighted by Crippen LogP contribution is 2.21. The van der Waals surface area contributed by atoms with Gasteiger partial charge in [-0.15, -0.1) is 0 Å². The lowest BCUT2D eigenvalue weighted by Crippen LogP contribution is -2.32. The average molecular weight is 354 g/mol. The van der Waals surface area contributed by atoms with Crippen molar-refractivity contribution < 1.29 is 14.3 Å². The maximum Gasteiger partial charge on any atom is 0.265 e. The number of hydrogen-bond acceptors (Lipinski definition) is 3. The summed E-state index contributed by atoms with van der Waals surface area (Å²) in [5.41, 5.74) is 3.03. The van der Waals surface area contributed by atoms with Crippen LogP contribution in [0.25, 0.3) is 0 Å². The fourth-order valence-corrected chi connectivity index (χ4v) is 2.53. The van der Waals surface area contributed by atoms with E-state index in [0.717, 1.165) is 17.5 Å². The summed E-state index contributed by atoms with van der Waals surface area (Å²) in [6, 6.07) is 12.8. The highest BCUT2D eigenvalue weighted by atomic mass is 16.5. The second-order valence-corrected chi connectivity index (χ2v) is 6.32. The van der Waals surface area contributed by atoms with Crippen molar-refractivity contribution in [3.63, 3.8) is 0 Å². The van der Waals surface area contributed by atoms with Crippen LogP contribution in [0.2, 0.25) is 0 Å². The Bertz CT molecular complexity index is 787. The fourth-order valence-electron chi connectivity index (χ4n) is 2.53. The number of carbonyl (C=O) groups excluding carboxylic acids is 2. The van der Waals surface area contributed by atoms with Crippen molar-refractivity contribution in [3.8, 4) is 5.75 Å². The summed E-state index contributed by atoms with van der Waals surface area (Å²) in [5.74, 6) is 0.165. The van der Waals surface area contributed by atoms with Crippen molar-refractivity contribution in [2.75, 3.05) is 11.9 Å². The molecule has 26 heavy (non-hydrogen) atoms. The standard InChI is InChI=1S/C21H26N2O3/c1-5-12-22-21(25)17-8-6-7-9-18(17)23-20(24)16(4)26-19-11-10-14(2)13-15(19)3/h6-11,13,16H,5,12H2,1-4H3,(H,22,25)(H,23,24)/t16-/m0/s1. The van der Waals surface area contributed by atoms with E-state index in [-0.39, 0.29) is 11.8 Å². The van der Waals surface area contributed by atoms with Crippen LogP contribution in [-0.4, -0.2) is 24.5 Å². The van der Waals surface area contributed by atoms with E-state index in [1.165, 1.54) is 0 Å². The number of benzene rings is 2. The molecule has 0 radical (unpaired) electrons. The van der Waals surface area contributed by atoms with Gasteiger partial charge >= 0.3 is 0 Å². The average Bonchev–Trinajstić information content (AvgIpc) is 2.62. The lowest BCUT2D eigenvalue weighted by atomic mass is 10.1. The minimum absolute atomic E-state index is 0.203. The summed E-state index contributed by atoms with van der Waals surface area (Å²) < 4.78 is 5.79. The predicted molar refractivity (Wildman–Crippen MR) is 104 cm³/mol. The second-order valence-electron chi connectivity index (χ2n) is 6.32. The molecule has 5 heteroatoms. The van der Waals surface area contributed by atoms with E-state index in [1.807, 2.05) is 39.0 Å². The molecule has 0 saturated heterocycles. The van der Waals surface area contributed by atoms with Gasteiger partial charge in [-0.1, -0.05) is 36.8 Å². The highest BCUT2D eigenvalue weighted by molar-refractivity contribution is 6.04. The monoisotopic (exact) mass is 354 g/mol. The quantitative estimate of drug-likeness (QED) is 0.794. The second kappa shape index (κ2) is 9.04. The molecule has 2 aromatic carbocycles. The van der Waals surface area contributed by atoms with E-state index in [1.54, 1.807) is 31.2 Å². The minimum Gasteiger partial charge on any atom is -0.481 e. The molecule has 0 heterocycles. The molecule has 2 rings (SSSR count). The molecule has 0 unspecified atom stereocenters. The molecule has 0 aliphatic heterocycles. The van der Waals surface area contributed by atoms with Crippen LogP contribution in [0.4, 0.5) is 5.69 Å². The third-order valence-corrected chi connectivity index (χ3v) is 3.97. The zero-order valence-corrected chi connectivity index (χ0v) is 15.8. The van der Waals surface area contributed by atoms with Crippen LogP contribution >= 0.6 is 0 Å². The van der Waals surface area contributed by atoms with Gasteiger partial charge in [-0.2, -0.15) is 0 Å². The number of amides is 2. The third-order valence-electron chi connectivity index (χ3n) is 3.97. The van der Waals surface area contributed by atoms with Crippen LogP contribution < -0.4 is 15.4 Å². The molecule has 2 amide bonds. The van der Waals surface area contributed by atoms with Crippen LogP contribution in [0.1, 0.15) is 41.8 Å². The van der Waals surface area contributed by atoms with Crippen molar-refractivity contribution in [2.24, 2.45) is 0 Å². The zero-order chi connectivity index (χ0) is 19.1. The van der Waals surface area contributed by atoms with E-state index in [4.69, 9.17) is 4.74 Å². The van der Waals surface area contributed by atoms with Gasteiger partial charge in [0.25, 0.3) is 11.8 Å². The summed E-state index contributed by atoms with van der Waals surface area (Å²) in [5, 5.41) is 5.62. The summed E-state index contributed by atoms with van der Waals surface area (Å²) >= 11 is 0. The van der Waals surface area contributed by atoms with Crippen molar-refractivity contribution >= 4 is 17.5 Å². The number of hydrogen-bond donors (Lipinski definition) is 2. The number of ether oxygens (including phenoxy) is 1. The van der Waals surface area contributed by atoms with Crippen LogP contribution in [0.5, 0.6) is 5.75 Å². The Hall–Kier alpha value is -2.82. The van der Waals surface area contributed by atoms with Crippen molar-refractivity contribution in [3.05, 3.63) is 59.2 Å². The number of aryl methyl sites for hydroxylation is 2. The van der Waals surface area contributed by atoms with Gasteiger partial charge in [-0.05, 0) is 51.0 Å². The molecule has 0 aromatic heterocycles. The summed E-state index contributed by atoms with van der Waals surface area (Å²) in [4.78, 5) is 24.8. The van der Waals surface area contributed by atoms with Crippen LogP contribution in [0.15, 0.2) is 42.5 Å². The van der Waals surface area contributed by atoms with Crippen LogP contribution in [-0.2, 0) is 4.79 Å². The summed E-state index contributed by atoms with van der Waals surface area (Å²) in [7, 11) is 0. The molecule has 0 saturated carbocycles. The first-order valence-electron chi connectivity index (χ1n) is 8.84. The van der Waals surface area contributed by atoms with E-state index in [2.05, 4.69) is 10.6 Å². The van der Waals surface area contributed by atoms with E-state index >= 15 is 0 Å². The number of anilines is 1. The molecule has 1 atom stereocenters. The van der Waals surface area contributed by atoms with Crippen molar-refractivity contribution in [2.45, 2.75) is 40.2 Å². The van der Waals surface area contributed by atoms with Gasteiger partial charge in [-0.25, -0.2) is 0 Å². The molecule has 0 aliphatic rings. The third kappa shape index (κ3) is 5.09. The topological polar surface area (TPSA) is 67.4 Å². The number of rotatable bonds is 7. The Kier molecular flexibility index (Phi) is 6.78. The molecule has 0 spiro atoms. The first-order chi connectivity index (χ1) is 12.4. The van der Waals surface area contributed by atoms with Gasteiger partial charge in [0.05, 0.1) is 11.3 Å². The smallest absolute Gasteiger partial charge is 0.265 e. The molecule has 0 fully saturated rings. The Balaban J connectivity index is 2.08. The minimum atomic E-state index is -0.692. The Labute approximate surface area is 154 Å². The molecule has 0 bridgehead atoms. The molecule has 0 aliphatic carbocycles. The molecular weight excluding hydrogens is 328 g/mol.